The maximum absolute atomic E-state index is 12.2. The summed E-state index contributed by atoms with van der Waals surface area (Å²) in [4.78, 5) is 30.2. The van der Waals surface area contributed by atoms with Crippen molar-refractivity contribution < 1.29 is 4.79 Å². The van der Waals surface area contributed by atoms with Gasteiger partial charge in [-0.2, -0.15) is 0 Å². The second kappa shape index (κ2) is 5.99. The SMILES string of the molecule is Cc1c(CC(=O)N2CCCCCC2)ncn(C)c1=O. The minimum Gasteiger partial charge on any atom is -0.342 e. The molecule has 0 radical (unpaired) electrons. The lowest BCUT2D eigenvalue weighted by atomic mass is 10.1. The lowest BCUT2D eigenvalue weighted by Gasteiger charge is -2.20. The summed E-state index contributed by atoms with van der Waals surface area (Å²) in [6, 6.07) is 0. The standard InChI is InChI=1S/C14H21N3O2/c1-11-12(15-10-16(2)14(11)19)9-13(18)17-7-5-3-4-6-8-17/h10H,3-9H2,1-2H3. The molecule has 5 heteroatoms. The number of carbonyl (C=O) groups excluding carboxylic acids is 1. The van der Waals surface area contributed by atoms with Crippen molar-refractivity contribution in [3.63, 3.8) is 0 Å². The highest BCUT2D eigenvalue weighted by molar-refractivity contribution is 5.78. The first kappa shape index (κ1) is 13.8. The number of likely N-dealkylation sites (tertiary alicyclic amines) is 1. The molecule has 0 saturated carbocycles. The van der Waals surface area contributed by atoms with Crippen molar-refractivity contribution in [1.29, 1.82) is 0 Å². The van der Waals surface area contributed by atoms with Crippen LogP contribution < -0.4 is 5.56 Å². The Bertz CT molecular complexity index is 514. The molecule has 1 fully saturated rings. The number of hydrogen-bond acceptors (Lipinski definition) is 3. The number of nitrogens with zero attached hydrogens (tertiary/aromatic N) is 3. The van der Waals surface area contributed by atoms with Gasteiger partial charge in [-0.05, 0) is 19.8 Å². The van der Waals surface area contributed by atoms with Crippen molar-refractivity contribution in [3.05, 3.63) is 27.9 Å². The van der Waals surface area contributed by atoms with Crippen LogP contribution in [-0.4, -0.2) is 33.4 Å². The zero-order valence-electron chi connectivity index (χ0n) is 11.7. The zero-order chi connectivity index (χ0) is 13.8. The van der Waals surface area contributed by atoms with Crippen molar-refractivity contribution in [2.75, 3.05) is 13.1 Å². The van der Waals surface area contributed by atoms with Gasteiger partial charge in [-0.3, -0.25) is 9.59 Å². The van der Waals surface area contributed by atoms with E-state index >= 15 is 0 Å². The fraction of sp³-hybridized carbons (Fsp3) is 0.643. The Morgan fingerprint density at radius 2 is 1.89 bits per heavy atom. The molecule has 5 nitrogen and oxygen atoms in total. The van der Waals surface area contributed by atoms with Crippen LogP contribution in [-0.2, 0) is 18.3 Å². The Balaban J connectivity index is 2.10. The molecule has 2 heterocycles. The molecule has 1 aliphatic rings. The van der Waals surface area contributed by atoms with Gasteiger partial charge in [0.05, 0.1) is 18.4 Å². The van der Waals surface area contributed by atoms with Crippen LogP contribution in [0.25, 0.3) is 0 Å². The minimum atomic E-state index is -0.0753. The van der Waals surface area contributed by atoms with Crippen LogP contribution in [0.3, 0.4) is 0 Å². The maximum Gasteiger partial charge on any atom is 0.256 e. The van der Waals surface area contributed by atoms with Crippen LogP contribution >= 0.6 is 0 Å². The zero-order valence-corrected chi connectivity index (χ0v) is 11.7. The molecule has 0 N–H and O–H groups in total. The smallest absolute Gasteiger partial charge is 0.256 e. The van der Waals surface area contributed by atoms with E-state index in [1.54, 1.807) is 14.0 Å². The van der Waals surface area contributed by atoms with Crippen LogP contribution in [0.2, 0.25) is 0 Å². The number of carbonyl (C=O) groups is 1. The van der Waals surface area contributed by atoms with Gasteiger partial charge in [0, 0.05) is 25.7 Å². The van der Waals surface area contributed by atoms with Gasteiger partial charge in [-0.1, -0.05) is 12.8 Å². The Kier molecular flexibility index (Phi) is 4.35. The molecule has 1 saturated heterocycles. The fourth-order valence-corrected chi connectivity index (χ4v) is 2.45. The summed E-state index contributed by atoms with van der Waals surface area (Å²) in [5, 5.41) is 0. The Hall–Kier alpha value is -1.65. The van der Waals surface area contributed by atoms with E-state index in [2.05, 4.69) is 4.98 Å². The Morgan fingerprint density at radius 1 is 1.26 bits per heavy atom. The van der Waals surface area contributed by atoms with Gasteiger partial charge in [0.1, 0.15) is 0 Å². The number of rotatable bonds is 2. The molecule has 2 rings (SSSR count). The first-order chi connectivity index (χ1) is 9.09. The van der Waals surface area contributed by atoms with E-state index in [1.807, 2.05) is 4.90 Å². The van der Waals surface area contributed by atoms with Crippen LogP contribution in [0.5, 0.6) is 0 Å². The largest absolute Gasteiger partial charge is 0.342 e. The average molecular weight is 263 g/mol. The second-order valence-corrected chi connectivity index (χ2v) is 5.20. The van der Waals surface area contributed by atoms with Crippen molar-refractivity contribution in [1.82, 2.24) is 14.5 Å². The van der Waals surface area contributed by atoms with Crippen molar-refractivity contribution >= 4 is 5.91 Å². The summed E-state index contributed by atoms with van der Waals surface area (Å²) in [6.45, 7) is 3.41. The van der Waals surface area contributed by atoms with Crippen LogP contribution in [0.1, 0.15) is 36.9 Å². The molecule has 1 amide bonds. The third-order valence-corrected chi connectivity index (χ3v) is 3.74. The van der Waals surface area contributed by atoms with Crippen molar-refractivity contribution in [2.45, 2.75) is 39.0 Å². The van der Waals surface area contributed by atoms with E-state index in [0.717, 1.165) is 25.9 Å². The molecule has 1 aliphatic heterocycles. The quantitative estimate of drug-likeness (QED) is 0.801. The molecule has 0 bridgehead atoms. The van der Waals surface area contributed by atoms with E-state index in [4.69, 9.17) is 0 Å². The maximum atomic E-state index is 12.2. The van der Waals surface area contributed by atoms with E-state index in [1.165, 1.54) is 23.7 Å². The van der Waals surface area contributed by atoms with Gasteiger partial charge in [-0.25, -0.2) is 4.98 Å². The third kappa shape index (κ3) is 3.22. The second-order valence-electron chi connectivity index (χ2n) is 5.20. The normalized spacial score (nSPS) is 16.2. The van der Waals surface area contributed by atoms with Crippen LogP contribution in [0, 0.1) is 6.92 Å². The first-order valence-corrected chi connectivity index (χ1v) is 6.88. The van der Waals surface area contributed by atoms with E-state index in [0.29, 0.717) is 11.3 Å². The minimum absolute atomic E-state index is 0.0753. The van der Waals surface area contributed by atoms with Gasteiger partial charge < -0.3 is 9.47 Å². The molecule has 1 aromatic heterocycles. The van der Waals surface area contributed by atoms with Crippen molar-refractivity contribution in [2.24, 2.45) is 7.05 Å². The molecule has 0 atom stereocenters. The molecular weight excluding hydrogens is 242 g/mol. The Labute approximate surface area is 113 Å². The van der Waals surface area contributed by atoms with Crippen LogP contribution in [0.15, 0.2) is 11.1 Å². The summed E-state index contributed by atoms with van der Waals surface area (Å²) < 4.78 is 1.44. The predicted molar refractivity (Wildman–Crippen MR) is 73.0 cm³/mol. The fourth-order valence-electron chi connectivity index (χ4n) is 2.45. The van der Waals surface area contributed by atoms with E-state index in [-0.39, 0.29) is 17.9 Å². The van der Waals surface area contributed by atoms with Crippen LogP contribution in [0.4, 0.5) is 0 Å². The summed E-state index contributed by atoms with van der Waals surface area (Å²) in [7, 11) is 1.67. The molecular formula is C14H21N3O2. The van der Waals surface area contributed by atoms with Gasteiger partial charge in [0.25, 0.3) is 5.56 Å². The van der Waals surface area contributed by atoms with Gasteiger partial charge in [0.15, 0.2) is 0 Å². The Morgan fingerprint density at radius 3 is 2.53 bits per heavy atom. The molecule has 0 unspecified atom stereocenters. The number of aromatic nitrogens is 2. The molecule has 0 aromatic carbocycles. The monoisotopic (exact) mass is 263 g/mol. The van der Waals surface area contributed by atoms with Gasteiger partial charge >= 0.3 is 0 Å². The summed E-state index contributed by atoms with van der Waals surface area (Å²) in [6.07, 6.45) is 6.28. The average Bonchev–Trinajstić information content (AvgIpc) is 2.68. The number of amides is 1. The number of aryl methyl sites for hydroxylation is 1. The number of hydrogen-bond donors (Lipinski definition) is 0. The lowest BCUT2D eigenvalue weighted by Crippen LogP contribution is -2.34. The van der Waals surface area contributed by atoms with Gasteiger partial charge in [-0.15, -0.1) is 0 Å². The highest BCUT2D eigenvalue weighted by Gasteiger charge is 2.18. The molecule has 19 heavy (non-hydrogen) atoms. The molecule has 104 valence electrons. The van der Waals surface area contributed by atoms with Gasteiger partial charge in [0.2, 0.25) is 5.91 Å². The lowest BCUT2D eigenvalue weighted by molar-refractivity contribution is -0.130. The van der Waals surface area contributed by atoms with Crippen molar-refractivity contribution in [3.8, 4) is 0 Å². The predicted octanol–water partition coefficient (Wildman–Crippen LogP) is 1.03. The highest BCUT2D eigenvalue weighted by Crippen LogP contribution is 2.11. The molecule has 0 spiro atoms. The molecule has 1 aromatic rings. The summed E-state index contributed by atoms with van der Waals surface area (Å²) in [5.41, 5.74) is 1.11. The molecule has 0 aliphatic carbocycles. The summed E-state index contributed by atoms with van der Waals surface area (Å²) in [5.74, 6) is 0.0887. The highest BCUT2D eigenvalue weighted by atomic mass is 16.2. The third-order valence-electron chi connectivity index (χ3n) is 3.74. The van der Waals surface area contributed by atoms with E-state index < -0.39 is 0 Å². The summed E-state index contributed by atoms with van der Waals surface area (Å²) >= 11 is 0. The van der Waals surface area contributed by atoms with E-state index in [9.17, 15) is 9.59 Å². The topological polar surface area (TPSA) is 55.2 Å². The first-order valence-electron chi connectivity index (χ1n) is 6.88.